The molecule has 8 heavy (non-hydrogen) atoms. The second-order valence-corrected chi connectivity index (χ2v) is 2.51. The Hall–Kier alpha value is -0.130. The summed E-state index contributed by atoms with van der Waals surface area (Å²) in [6.07, 6.45) is 5.80. The summed E-state index contributed by atoms with van der Waals surface area (Å²) in [6.45, 7) is 0.259. The van der Waals surface area contributed by atoms with E-state index >= 15 is 0 Å². The molecule has 0 aliphatic rings. The Kier molecular flexibility index (Phi) is 6.76. The lowest BCUT2D eigenvalue weighted by Gasteiger charge is -1.90. The van der Waals surface area contributed by atoms with E-state index in [0.29, 0.717) is 0 Å². The van der Waals surface area contributed by atoms with Crippen molar-refractivity contribution < 1.29 is 5.11 Å². The molecule has 0 heterocycles. The topological polar surface area (TPSA) is 20.2 Å². The maximum Gasteiger partial charge on any atom is 0.0521 e. The molecule has 0 unspecified atom stereocenters. The van der Waals surface area contributed by atoms with Gasteiger partial charge in [0, 0.05) is 17.9 Å². The van der Waals surface area contributed by atoms with Crippen molar-refractivity contribution in [1.82, 2.24) is 0 Å². The summed E-state index contributed by atoms with van der Waals surface area (Å²) >= 11 is 1.69. The molecular weight excluding hydrogens is 120 g/mol. The third-order valence-corrected chi connectivity index (χ3v) is 1.59. The average molecular weight is 130 g/mol. The maximum atomic E-state index is 8.29. The van der Waals surface area contributed by atoms with Crippen molar-refractivity contribution in [2.75, 3.05) is 18.1 Å². The van der Waals surface area contributed by atoms with Crippen molar-refractivity contribution >= 4 is 11.8 Å². The van der Waals surface area contributed by atoms with Crippen LogP contribution in [0.2, 0.25) is 0 Å². The van der Waals surface area contributed by atoms with E-state index in [1.165, 1.54) is 0 Å². The lowest BCUT2D eigenvalue weighted by atomic mass is 10.5. The number of terminal acetylenes is 1. The van der Waals surface area contributed by atoms with Gasteiger partial charge in [-0.1, -0.05) is 0 Å². The van der Waals surface area contributed by atoms with Gasteiger partial charge in [0.1, 0.15) is 0 Å². The van der Waals surface area contributed by atoms with Crippen molar-refractivity contribution in [2.24, 2.45) is 0 Å². The van der Waals surface area contributed by atoms with Gasteiger partial charge in [-0.25, -0.2) is 0 Å². The first-order chi connectivity index (χ1) is 3.91. The SMILES string of the molecule is C#CCCSCCO. The first kappa shape index (κ1) is 7.87. The zero-order chi connectivity index (χ0) is 6.24. The van der Waals surface area contributed by atoms with E-state index < -0.39 is 0 Å². The van der Waals surface area contributed by atoms with Crippen molar-refractivity contribution in [1.29, 1.82) is 0 Å². The smallest absolute Gasteiger partial charge is 0.0521 e. The standard InChI is InChI=1S/C6H10OS/c1-2-3-5-8-6-4-7/h1,7H,3-6H2. The van der Waals surface area contributed by atoms with Gasteiger partial charge in [0.15, 0.2) is 0 Å². The number of aliphatic hydroxyl groups excluding tert-OH is 1. The van der Waals surface area contributed by atoms with Crippen molar-refractivity contribution in [3.05, 3.63) is 0 Å². The lowest BCUT2D eigenvalue weighted by molar-refractivity contribution is 0.322. The molecule has 0 aliphatic heterocycles. The van der Waals surface area contributed by atoms with Crippen LogP contribution in [-0.2, 0) is 0 Å². The molecule has 1 N–H and O–H groups in total. The highest BCUT2D eigenvalue weighted by molar-refractivity contribution is 7.99. The quantitative estimate of drug-likeness (QED) is 0.447. The van der Waals surface area contributed by atoms with E-state index in [0.717, 1.165) is 17.9 Å². The third-order valence-electron chi connectivity index (χ3n) is 0.626. The Labute approximate surface area is 54.5 Å². The van der Waals surface area contributed by atoms with Crippen LogP contribution in [0.25, 0.3) is 0 Å². The minimum Gasteiger partial charge on any atom is -0.396 e. The highest BCUT2D eigenvalue weighted by atomic mass is 32.2. The van der Waals surface area contributed by atoms with Gasteiger partial charge in [-0.3, -0.25) is 0 Å². The van der Waals surface area contributed by atoms with Crippen LogP contribution in [0.1, 0.15) is 6.42 Å². The molecule has 1 nitrogen and oxygen atoms in total. The predicted molar refractivity (Wildman–Crippen MR) is 37.9 cm³/mol. The van der Waals surface area contributed by atoms with E-state index in [1.54, 1.807) is 11.8 Å². The molecule has 0 aromatic heterocycles. The summed E-state index contributed by atoms with van der Waals surface area (Å²) in [5.74, 6) is 4.30. The Morgan fingerprint density at radius 2 is 2.25 bits per heavy atom. The molecule has 0 aromatic rings. The fourth-order valence-corrected chi connectivity index (χ4v) is 0.893. The highest BCUT2D eigenvalue weighted by Crippen LogP contribution is 1.98. The zero-order valence-electron chi connectivity index (χ0n) is 4.76. The Balaban J connectivity index is 2.65. The second kappa shape index (κ2) is 6.87. The molecule has 0 fully saturated rings. The maximum absolute atomic E-state index is 8.29. The largest absolute Gasteiger partial charge is 0.396 e. The summed E-state index contributed by atoms with van der Waals surface area (Å²) in [6, 6.07) is 0. The van der Waals surface area contributed by atoms with Crippen LogP contribution < -0.4 is 0 Å². The number of hydrogen-bond acceptors (Lipinski definition) is 2. The first-order valence-corrected chi connectivity index (χ1v) is 3.69. The number of hydrogen-bond donors (Lipinski definition) is 1. The van der Waals surface area contributed by atoms with E-state index in [9.17, 15) is 0 Å². The van der Waals surface area contributed by atoms with E-state index in [1.807, 2.05) is 0 Å². The number of thioether (sulfide) groups is 1. The zero-order valence-corrected chi connectivity index (χ0v) is 5.58. The second-order valence-electron chi connectivity index (χ2n) is 1.29. The molecule has 0 bridgehead atoms. The van der Waals surface area contributed by atoms with Gasteiger partial charge in [0.05, 0.1) is 6.61 Å². The van der Waals surface area contributed by atoms with Gasteiger partial charge < -0.3 is 5.11 Å². The summed E-state index contributed by atoms with van der Waals surface area (Å²) in [5.41, 5.74) is 0. The summed E-state index contributed by atoms with van der Waals surface area (Å²) < 4.78 is 0. The van der Waals surface area contributed by atoms with Crippen LogP contribution in [0, 0.1) is 12.3 Å². The summed E-state index contributed by atoms with van der Waals surface area (Å²) in [4.78, 5) is 0. The molecule has 0 spiro atoms. The molecule has 0 amide bonds. The molecule has 46 valence electrons. The lowest BCUT2D eigenvalue weighted by Crippen LogP contribution is -1.86. The third kappa shape index (κ3) is 5.87. The van der Waals surface area contributed by atoms with Crippen LogP contribution in [0.3, 0.4) is 0 Å². The van der Waals surface area contributed by atoms with Gasteiger partial charge in [-0.15, -0.1) is 12.3 Å². The first-order valence-electron chi connectivity index (χ1n) is 2.54. The van der Waals surface area contributed by atoms with Crippen LogP contribution in [0.5, 0.6) is 0 Å². The monoisotopic (exact) mass is 130 g/mol. The minimum absolute atomic E-state index is 0.259. The Morgan fingerprint density at radius 1 is 1.50 bits per heavy atom. The van der Waals surface area contributed by atoms with E-state index in [2.05, 4.69) is 5.92 Å². The number of rotatable bonds is 4. The fourth-order valence-electron chi connectivity index (χ4n) is 0.298. The molecule has 0 aromatic carbocycles. The van der Waals surface area contributed by atoms with Crippen LogP contribution in [-0.4, -0.2) is 23.2 Å². The molecule has 0 radical (unpaired) electrons. The number of aliphatic hydroxyl groups is 1. The van der Waals surface area contributed by atoms with Gasteiger partial charge in [-0.05, 0) is 0 Å². The average Bonchev–Trinajstić information content (AvgIpc) is 1.81. The molecule has 2 heteroatoms. The molecule has 0 aliphatic carbocycles. The Morgan fingerprint density at radius 3 is 2.75 bits per heavy atom. The van der Waals surface area contributed by atoms with Crippen molar-refractivity contribution in [3.8, 4) is 12.3 Å². The van der Waals surface area contributed by atoms with Crippen LogP contribution in [0.15, 0.2) is 0 Å². The molecule has 0 saturated carbocycles. The predicted octanol–water partition coefficient (Wildman–Crippen LogP) is 0.735. The molecule has 0 rings (SSSR count). The molecule has 0 saturated heterocycles. The van der Waals surface area contributed by atoms with Gasteiger partial charge in [0.2, 0.25) is 0 Å². The minimum atomic E-state index is 0.259. The van der Waals surface area contributed by atoms with Crippen molar-refractivity contribution in [2.45, 2.75) is 6.42 Å². The van der Waals surface area contributed by atoms with Crippen LogP contribution >= 0.6 is 11.8 Å². The summed E-state index contributed by atoms with van der Waals surface area (Å²) in [5, 5.41) is 8.29. The molecular formula is C6H10OS. The van der Waals surface area contributed by atoms with Crippen LogP contribution in [0.4, 0.5) is 0 Å². The molecule has 0 atom stereocenters. The van der Waals surface area contributed by atoms with E-state index in [4.69, 9.17) is 11.5 Å². The van der Waals surface area contributed by atoms with Gasteiger partial charge in [-0.2, -0.15) is 11.8 Å². The van der Waals surface area contributed by atoms with Gasteiger partial charge in [0.25, 0.3) is 0 Å². The van der Waals surface area contributed by atoms with E-state index in [-0.39, 0.29) is 6.61 Å². The van der Waals surface area contributed by atoms with Crippen molar-refractivity contribution in [3.63, 3.8) is 0 Å². The van der Waals surface area contributed by atoms with Gasteiger partial charge >= 0.3 is 0 Å². The highest BCUT2D eigenvalue weighted by Gasteiger charge is 1.82. The normalized spacial score (nSPS) is 8.50. The summed E-state index contributed by atoms with van der Waals surface area (Å²) in [7, 11) is 0. The fraction of sp³-hybridized carbons (Fsp3) is 0.667. The Bertz CT molecular complexity index is 75.1.